The second-order valence-electron chi connectivity index (χ2n) is 5.46. The maximum Gasteiger partial charge on any atom is 0.132 e. The van der Waals surface area contributed by atoms with Crippen molar-refractivity contribution in [3.63, 3.8) is 0 Å². The molecule has 0 saturated carbocycles. The highest BCUT2D eigenvalue weighted by Gasteiger charge is 2.25. The van der Waals surface area contributed by atoms with Crippen LogP contribution in [0.3, 0.4) is 0 Å². The summed E-state index contributed by atoms with van der Waals surface area (Å²) < 4.78 is 0. The molecule has 2 rings (SSSR count). The average Bonchev–Trinajstić information content (AvgIpc) is 2.51. The summed E-state index contributed by atoms with van der Waals surface area (Å²) in [6.07, 6.45) is 6.45. The van der Waals surface area contributed by atoms with Crippen LogP contribution in [-0.2, 0) is 6.42 Å². The molecule has 1 saturated heterocycles. The van der Waals surface area contributed by atoms with Crippen LogP contribution in [0.4, 0.5) is 5.82 Å². The van der Waals surface area contributed by atoms with E-state index in [-0.39, 0.29) is 0 Å². The Morgan fingerprint density at radius 3 is 2.94 bits per heavy atom. The van der Waals surface area contributed by atoms with Gasteiger partial charge in [0.1, 0.15) is 12.1 Å². The number of aryl methyl sites for hydroxylation is 1. The van der Waals surface area contributed by atoms with Crippen molar-refractivity contribution in [2.75, 3.05) is 18.0 Å². The van der Waals surface area contributed by atoms with Gasteiger partial charge in [0.05, 0.1) is 5.60 Å². The molecule has 0 bridgehead atoms. The van der Waals surface area contributed by atoms with E-state index in [0.29, 0.717) is 0 Å². The lowest BCUT2D eigenvalue weighted by Crippen LogP contribution is -2.28. The summed E-state index contributed by atoms with van der Waals surface area (Å²) in [4.78, 5) is 10.9. The highest BCUT2D eigenvalue weighted by Crippen LogP contribution is 2.24. The molecule has 100 valence electrons. The molecule has 1 aromatic rings. The van der Waals surface area contributed by atoms with Gasteiger partial charge in [0.2, 0.25) is 0 Å². The Kier molecular flexibility index (Phi) is 4.17. The maximum atomic E-state index is 10.1. The molecule has 1 atom stereocenters. The van der Waals surface area contributed by atoms with Crippen LogP contribution in [0, 0.1) is 0 Å². The van der Waals surface area contributed by atoms with E-state index in [2.05, 4.69) is 27.9 Å². The molecule has 1 fully saturated rings. The van der Waals surface area contributed by atoms with Crippen LogP contribution < -0.4 is 4.90 Å². The van der Waals surface area contributed by atoms with E-state index < -0.39 is 5.60 Å². The van der Waals surface area contributed by atoms with Crippen LogP contribution in [0.5, 0.6) is 0 Å². The minimum atomic E-state index is -0.520. The summed E-state index contributed by atoms with van der Waals surface area (Å²) >= 11 is 0. The Morgan fingerprint density at radius 1 is 1.33 bits per heavy atom. The Labute approximate surface area is 109 Å². The van der Waals surface area contributed by atoms with Gasteiger partial charge in [0.25, 0.3) is 0 Å². The first-order chi connectivity index (χ1) is 8.61. The normalized spacial score (nSPS) is 24.9. The van der Waals surface area contributed by atoms with Crippen molar-refractivity contribution in [2.24, 2.45) is 0 Å². The number of rotatable bonds is 3. The number of aromatic nitrogens is 2. The molecule has 1 unspecified atom stereocenters. The van der Waals surface area contributed by atoms with Crippen molar-refractivity contribution in [3.05, 3.63) is 18.1 Å². The van der Waals surface area contributed by atoms with Crippen molar-refractivity contribution >= 4 is 5.82 Å². The molecule has 0 radical (unpaired) electrons. The molecule has 4 nitrogen and oxygen atoms in total. The van der Waals surface area contributed by atoms with Gasteiger partial charge < -0.3 is 10.0 Å². The van der Waals surface area contributed by atoms with Gasteiger partial charge in [-0.2, -0.15) is 0 Å². The van der Waals surface area contributed by atoms with E-state index in [9.17, 15) is 5.11 Å². The standard InChI is InChI=1S/C14H23N3O/c1-3-5-12-10-13(16-11-15-12)17-8-4-6-14(2,18)7-9-17/h10-11,18H,3-9H2,1-2H3. The molecule has 1 aliphatic heterocycles. The first-order valence-corrected chi connectivity index (χ1v) is 6.89. The highest BCUT2D eigenvalue weighted by molar-refractivity contribution is 5.39. The molecule has 2 heterocycles. The first-order valence-electron chi connectivity index (χ1n) is 6.89. The third-order valence-electron chi connectivity index (χ3n) is 3.60. The van der Waals surface area contributed by atoms with E-state index in [1.165, 1.54) is 0 Å². The quantitative estimate of drug-likeness (QED) is 0.892. The van der Waals surface area contributed by atoms with Gasteiger partial charge in [-0.3, -0.25) is 0 Å². The summed E-state index contributed by atoms with van der Waals surface area (Å²) in [5.74, 6) is 1.01. The van der Waals surface area contributed by atoms with Crippen LogP contribution in [0.25, 0.3) is 0 Å². The Morgan fingerprint density at radius 2 is 2.17 bits per heavy atom. The minimum Gasteiger partial charge on any atom is -0.390 e. The van der Waals surface area contributed by atoms with E-state index in [0.717, 1.165) is 56.7 Å². The molecule has 18 heavy (non-hydrogen) atoms. The van der Waals surface area contributed by atoms with Crippen LogP contribution >= 0.6 is 0 Å². The van der Waals surface area contributed by atoms with Crippen LogP contribution in [0.15, 0.2) is 12.4 Å². The van der Waals surface area contributed by atoms with E-state index in [1.807, 2.05) is 6.92 Å². The predicted octanol–water partition coefficient (Wildman–Crippen LogP) is 2.17. The van der Waals surface area contributed by atoms with Crippen LogP contribution in [-0.4, -0.2) is 33.8 Å². The fourth-order valence-corrected chi connectivity index (χ4v) is 2.44. The summed E-state index contributed by atoms with van der Waals surface area (Å²) in [5.41, 5.74) is 0.590. The van der Waals surface area contributed by atoms with E-state index in [1.54, 1.807) is 6.33 Å². The largest absolute Gasteiger partial charge is 0.390 e. The van der Waals surface area contributed by atoms with Gasteiger partial charge in [-0.15, -0.1) is 0 Å². The minimum absolute atomic E-state index is 0.520. The van der Waals surface area contributed by atoms with E-state index in [4.69, 9.17) is 0 Å². The second-order valence-corrected chi connectivity index (χ2v) is 5.46. The van der Waals surface area contributed by atoms with Gasteiger partial charge in [-0.1, -0.05) is 13.3 Å². The van der Waals surface area contributed by atoms with Gasteiger partial charge in [-0.05, 0) is 32.6 Å². The fourth-order valence-electron chi connectivity index (χ4n) is 2.44. The van der Waals surface area contributed by atoms with Crippen molar-refractivity contribution in [1.29, 1.82) is 0 Å². The highest BCUT2D eigenvalue weighted by atomic mass is 16.3. The predicted molar refractivity (Wildman–Crippen MR) is 72.7 cm³/mol. The molecule has 1 N–H and O–H groups in total. The zero-order valence-electron chi connectivity index (χ0n) is 11.4. The Bertz CT molecular complexity index is 392. The van der Waals surface area contributed by atoms with Gasteiger partial charge >= 0.3 is 0 Å². The number of anilines is 1. The lowest BCUT2D eigenvalue weighted by molar-refractivity contribution is 0.0481. The molecule has 0 spiro atoms. The number of nitrogens with zero attached hydrogens (tertiary/aromatic N) is 3. The van der Waals surface area contributed by atoms with Crippen molar-refractivity contribution in [2.45, 2.75) is 51.6 Å². The molecular weight excluding hydrogens is 226 g/mol. The van der Waals surface area contributed by atoms with Crippen molar-refractivity contribution in [1.82, 2.24) is 9.97 Å². The topological polar surface area (TPSA) is 49.2 Å². The zero-order valence-corrected chi connectivity index (χ0v) is 11.4. The van der Waals surface area contributed by atoms with E-state index >= 15 is 0 Å². The molecule has 0 amide bonds. The van der Waals surface area contributed by atoms with Crippen molar-refractivity contribution in [3.8, 4) is 0 Å². The number of aliphatic hydroxyl groups is 1. The molecule has 1 aliphatic rings. The van der Waals surface area contributed by atoms with Crippen LogP contribution in [0.2, 0.25) is 0 Å². The van der Waals surface area contributed by atoms with Crippen LogP contribution in [0.1, 0.15) is 45.2 Å². The molecule has 4 heteroatoms. The third-order valence-corrected chi connectivity index (χ3v) is 3.60. The number of hydrogen-bond acceptors (Lipinski definition) is 4. The Hall–Kier alpha value is -1.16. The van der Waals surface area contributed by atoms with Gasteiger partial charge in [-0.25, -0.2) is 9.97 Å². The van der Waals surface area contributed by atoms with Gasteiger partial charge in [0.15, 0.2) is 0 Å². The lowest BCUT2D eigenvalue weighted by atomic mass is 9.98. The molecule has 1 aromatic heterocycles. The molecule has 0 aromatic carbocycles. The second kappa shape index (κ2) is 5.65. The van der Waals surface area contributed by atoms with Crippen molar-refractivity contribution < 1.29 is 5.11 Å². The third kappa shape index (κ3) is 3.42. The summed E-state index contributed by atoms with van der Waals surface area (Å²) in [7, 11) is 0. The SMILES string of the molecule is CCCc1cc(N2CCCC(C)(O)CC2)ncn1. The molecular formula is C14H23N3O. The maximum absolute atomic E-state index is 10.1. The lowest BCUT2D eigenvalue weighted by Gasteiger charge is -2.23. The Balaban J connectivity index is 2.08. The summed E-state index contributed by atoms with van der Waals surface area (Å²) in [5, 5.41) is 10.1. The fraction of sp³-hybridized carbons (Fsp3) is 0.714. The molecule has 0 aliphatic carbocycles. The zero-order chi connectivity index (χ0) is 13.0. The smallest absolute Gasteiger partial charge is 0.132 e. The number of hydrogen-bond donors (Lipinski definition) is 1. The first kappa shape index (κ1) is 13.3. The average molecular weight is 249 g/mol. The summed E-state index contributed by atoms with van der Waals surface area (Å²) in [6, 6.07) is 2.09. The monoisotopic (exact) mass is 249 g/mol. The van der Waals surface area contributed by atoms with Gasteiger partial charge in [0, 0.05) is 24.8 Å². The summed E-state index contributed by atoms with van der Waals surface area (Å²) in [6.45, 7) is 5.93.